The molecule has 1 unspecified atom stereocenters. The molecule has 0 aliphatic carbocycles. The van der Waals surface area contributed by atoms with Crippen molar-refractivity contribution >= 4 is 11.8 Å². The van der Waals surface area contributed by atoms with Crippen molar-refractivity contribution in [1.29, 1.82) is 0 Å². The van der Waals surface area contributed by atoms with Gasteiger partial charge in [-0.2, -0.15) is 5.10 Å². The van der Waals surface area contributed by atoms with E-state index in [1.165, 1.54) is 6.33 Å². The molecule has 2 rings (SSSR count). The Morgan fingerprint density at radius 1 is 1.53 bits per heavy atom. The van der Waals surface area contributed by atoms with E-state index in [9.17, 15) is 4.79 Å². The number of aromatic nitrogens is 4. The SMILES string of the molecule is CCOC(=O)c1cccnc1NC(C)c1ncn[nH]1. The predicted molar refractivity (Wildman–Crippen MR) is 68.6 cm³/mol. The zero-order chi connectivity index (χ0) is 13.7. The molecule has 0 aromatic carbocycles. The summed E-state index contributed by atoms with van der Waals surface area (Å²) < 4.78 is 4.99. The van der Waals surface area contributed by atoms with E-state index in [1.807, 2.05) is 6.92 Å². The van der Waals surface area contributed by atoms with Crippen LogP contribution in [0.1, 0.15) is 36.1 Å². The van der Waals surface area contributed by atoms with Crippen molar-refractivity contribution in [3.05, 3.63) is 36.0 Å². The molecule has 2 aromatic rings. The first-order valence-electron chi connectivity index (χ1n) is 5.96. The van der Waals surface area contributed by atoms with Crippen molar-refractivity contribution in [2.75, 3.05) is 11.9 Å². The molecule has 2 heterocycles. The lowest BCUT2D eigenvalue weighted by molar-refractivity contribution is 0.0527. The molecular formula is C12H15N5O2. The van der Waals surface area contributed by atoms with Gasteiger partial charge in [-0.05, 0) is 26.0 Å². The Morgan fingerprint density at radius 3 is 3.05 bits per heavy atom. The van der Waals surface area contributed by atoms with Crippen LogP contribution in [0, 0.1) is 0 Å². The van der Waals surface area contributed by atoms with Crippen molar-refractivity contribution in [3.8, 4) is 0 Å². The molecule has 0 radical (unpaired) electrons. The van der Waals surface area contributed by atoms with Gasteiger partial charge < -0.3 is 10.1 Å². The van der Waals surface area contributed by atoms with Crippen molar-refractivity contribution in [1.82, 2.24) is 20.2 Å². The molecule has 100 valence electrons. The van der Waals surface area contributed by atoms with Gasteiger partial charge in [0.15, 0.2) is 0 Å². The van der Waals surface area contributed by atoms with Crippen molar-refractivity contribution in [3.63, 3.8) is 0 Å². The number of anilines is 1. The van der Waals surface area contributed by atoms with Gasteiger partial charge in [0.1, 0.15) is 23.5 Å². The molecule has 0 spiro atoms. The Hall–Kier alpha value is -2.44. The van der Waals surface area contributed by atoms with Crippen LogP contribution in [-0.2, 0) is 4.74 Å². The van der Waals surface area contributed by atoms with Crippen molar-refractivity contribution < 1.29 is 9.53 Å². The molecule has 2 aromatic heterocycles. The highest BCUT2D eigenvalue weighted by Gasteiger charge is 2.16. The first-order valence-corrected chi connectivity index (χ1v) is 5.96. The Morgan fingerprint density at radius 2 is 2.37 bits per heavy atom. The molecule has 0 fully saturated rings. The zero-order valence-electron chi connectivity index (χ0n) is 10.8. The van der Waals surface area contributed by atoms with Gasteiger partial charge in [-0.15, -0.1) is 0 Å². The summed E-state index contributed by atoms with van der Waals surface area (Å²) in [5.41, 5.74) is 0.399. The van der Waals surface area contributed by atoms with Crippen LogP contribution in [0.3, 0.4) is 0 Å². The van der Waals surface area contributed by atoms with Gasteiger partial charge in [0.2, 0.25) is 0 Å². The monoisotopic (exact) mass is 261 g/mol. The summed E-state index contributed by atoms with van der Waals surface area (Å²) in [5, 5.41) is 9.65. The molecule has 7 heteroatoms. The summed E-state index contributed by atoms with van der Waals surface area (Å²) in [6.07, 6.45) is 3.04. The first-order chi connectivity index (χ1) is 9.22. The molecular weight excluding hydrogens is 246 g/mol. The van der Waals surface area contributed by atoms with Gasteiger partial charge in [-0.25, -0.2) is 14.8 Å². The minimum atomic E-state index is -0.400. The maximum Gasteiger partial charge on any atom is 0.341 e. The average molecular weight is 261 g/mol. The highest BCUT2D eigenvalue weighted by Crippen LogP contribution is 2.18. The summed E-state index contributed by atoms with van der Waals surface area (Å²) in [5.74, 6) is 0.730. The summed E-state index contributed by atoms with van der Waals surface area (Å²) >= 11 is 0. The van der Waals surface area contributed by atoms with Crippen LogP contribution in [0.15, 0.2) is 24.7 Å². The van der Waals surface area contributed by atoms with E-state index in [1.54, 1.807) is 25.3 Å². The molecule has 2 N–H and O–H groups in total. The van der Waals surface area contributed by atoms with Crippen LogP contribution in [0.4, 0.5) is 5.82 Å². The highest BCUT2D eigenvalue weighted by molar-refractivity contribution is 5.94. The third-order valence-electron chi connectivity index (χ3n) is 2.50. The normalized spacial score (nSPS) is 11.9. The van der Waals surface area contributed by atoms with Crippen LogP contribution in [0.5, 0.6) is 0 Å². The molecule has 0 aliphatic heterocycles. The summed E-state index contributed by atoms with van der Waals surface area (Å²) in [7, 11) is 0. The maximum atomic E-state index is 11.8. The lowest BCUT2D eigenvalue weighted by atomic mass is 10.2. The number of nitrogens with zero attached hydrogens (tertiary/aromatic N) is 3. The topological polar surface area (TPSA) is 92.8 Å². The number of carbonyl (C=O) groups is 1. The molecule has 7 nitrogen and oxygen atoms in total. The molecule has 0 aliphatic rings. The fourth-order valence-electron chi connectivity index (χ4n) is 1.59. The molecule has 1 atom stereocenters. The van der Waals surface area contributed by atoms with Gasteiger partial charge in [-0.1, -0.05) is 0 Å². The van der Waals surface area contributed by atoms with Crippen LogP contribution in [0.25, 0.3) is 0 Å². The third-order valence-corrected chi connectivity index (χ3v) is 2.50. The van der Waals surface area contributed by atoms with E-state index < -0.39 is 5.97 Å². The van der Waals surface area contributed by atoms with E-state index in [0.717, 1.165) is 0 Å². The Labute approximate surface area is 110 Å². The highest BCUT2D eigenvalue weighted by atomic mass is 16.5. The molecule has 19 heavy (non-hydrogen) atoms. The summed E-state index contributed by atoms with van der Waals surface area (Å²) in [6.45, 7) is 3.98. The third kappa shape index (κ3) is 3.06. The number of esters is 1. The maximum absolute atomic E-state index is 11.8. The van der Waals surface area contributed by atoms with Crippen molar-refractivity contribution in [2.45, 2.75) is 19.9 Å². The average Bonchev–Trinajstić information content (AvgIpc) is 2.93. The summed E-state index contributed by atoms with van der Waals surface area (Å²) in [4.78, 5) is 20.0. The van der Waals surface area contributed by atoms with E-state index in [4.69, 9.17) is 4.74 Å². The fraction of sp³-hybridized carbons (Fsp3) is 0.333. The zero-order valence-corrected chi connectivity index (χ0v) is 10.8. The lowest BCUT2D eigenvalue weighted by Gasteiger charge is -2.14. The second-order valence-electron chi connectivity index (χ2n) is 3.86. The van der Waals surface area contributed by atoms with Gasteiger partial charge in [-0.3, -0.25) is 5.10 Å². The second-order valence-corrected chi connectivity index (χ2v) is 3.86. The standard InChI is InChI=1S/C12H15N5O2/c1-3-19-12(18)9-5-4-6-13-11(9)16-8(2)10-14-7-15-17-10/h4-8H,3H2,1-2H3,(H,13,16)(H,14,15,17). The Kier molecular flexibility index (Phi) is 4.07. The predicted octanol–water partition coefficient (Wildman–Crippen LogP) is 1.55. The van der Waals surface area contributed by atoms with Gasteiger partial charge in [0.25, 0.3) is 0 Å². The molecule has 0 amide bonds. The molecule has 0 saturated heterocycles. The quantitative estimate of drug-likeness (QED) is 0.793. The van der Waals surface area contributed by atoms with Gasteiger partial charge in [0, 0.05) is 6.20 Å². The van der Waals surface area contributed by atoms with Crippen LogP contribution < -0.4 is 5.32 Å². The van der Waals surface area contributed by atoms with E-state index in [-0.39, 0.29) is 6.04 Å². The van der Waals surface area contributed by atoms with Gasteiger partial charge in [0.05, 0.1) is 12.6 Å². The minimum absolute atomic E-state index is 0.148. The first kappa shape index (κ1) is 13.0. The van der Waals surface area contributed by atoms with E-state index >= 15 is 0 Å². The van der Waals surface area contributed by atoms with Crippen LogP contribution in [-0.4, -0.2) is 32.7 Å². The Bertz CT molecular complexity index is 541. The van der Waals surface area contributed by atoms with Crippen LogP contribution in [0.2, 0.25) is 0 Å². The number of rotatable bonds is 5. The molecule has 0 bridgehead atoms. The smallest absolute Gasteiger partial charge is 0.341 e. The lowest BCUT2D eigenvalue weighted by Crippen LogP contribution is -2.14. The van der Waals surface area contributed by atoms with Crippen molar-refractivity contribution in [2.24, 2.45) is 0 Å². The number of H-pyrrole nitrogens is 1. The number of pyridine rings is 1. The second kappa shape index (κ2) is 5.94. The Balaban J connectivity index is 2.18. The van der Waals surface area contributed by atoms with E-state index in [2.05, 4.69) is 25.5 Å². The number of hydrogen-bond acceptors (Lipinski definition) is 6. The number of aromatic amines is 1. The van der Waals surface area contributed by atoms with Crippen LogP contribution >= 0.6 is 0 Å². The minimum Gasteiger partial charge on any atom is -0.462 e. The molecule has 0 saturated carbocycles. The number of ether oxygens (including phenoxy) is 1. The van der Waals surface area contributed by atoms with E-state index in [0.29, 0.717) is 23.8 Å². The van der Waals surface area contributed by atoms with Gasteiger partial charge >= 0.3 is 5.97 Å². The largest absolute Gasteiger partial charge is 0.462 e. The fourth-order valence-corrected chi connectivity index (χ4v) is 1.59. The number of nitrogens with one attached hydrogen (secondary N) is 2. The summed E-state index contributed by atoms with van der Waals surface area (Å²) in [6, 6.07) is 3.21. The number of carbonyl (C=O) groups excluding carboxylic acids is 1. The number of hydrogen-bond donors (Lipinski definition) is 2.